The first kappa shape index (κ1) is 31.1. The fourth-order valence-corrected chi connectivity index (χ4v) is 4.38. The summed E-state index contributed by atoms with van der Waals surface area (Å²) in [5, 5.41) is 23.5. The van der Waals surface area contributed by atoms with Crippen LogP contribution in [0.15, 0.2) is 95.0 Å². The van der Waals surface area contributed by atoms with Crippen LogP contribution in [-0.2, 0) is 18.0 Å². The van der Waals surface area contributed by atoms with Crippen molar-refractivity contribution in [2.45, 2.75) is 20.1 Å². The summed E-state index contributed by atoms with van der Waals surface area (Å²) < 4.78 is 18.4. The van der Waals surface area contributed by atoms with Crippen molar-refractivity contribution in [3.05, 3.63) is 127 Å². The molecule has 0 aliphatic carbocycles. The van der Waals surface area contributed by atoms with Crippen LogP contribution < -0.4 is 19.5 Å². The molecule has 0 bridgehead atoms. The Kier molecular flexibility index (Phi) is 10.7. The standard InChI is InChI=1S/C32H25BrClN3O6/c1-2-41-30-17-23(16-29(34)31(30)43-20-22-5-11-27(12-6-22)37(39)40)15-24(18-35)32(38)36-26-9-13-28(14-10-26)42-19-21-3-7-25(33)8-4-21/h3-17H,2,19-20H2,1H3,(H,36,38)/b24-15+. The van der Waals surface area contributed by atoms with Gasteiger partial charge in [-0.3, -0.25) is 14.9 Å². The summed E-state index contributed by atoms with van der Waals surface area (Å²) >= 11 is 9.91. The van der Waals surface area contributed by atoms with E-state index in [0.717, 1.165) is 10.0 Å². The number of nitro benzene ring substituents is 1. The van der Waals surface area contributed by atoms with Crippen molar-refractivity contribution in [3.8, 4) is 23.3 Å². The monoisotopic (exact) mass is 661 g/mol. The maximum absolute atomic E-state index is 12.9. The molecule has 0 spiro atoms. The van der Waals surface area contributed by atoms with E-state index in [4.69, 9.17) is 25.8 Å². The summed E-state index contributed by atoms with van der Waals surface area (Å²) in [5.74, 6) is 0.619. The first-order valence-electron chi connectivity index (χ1n) is 13.0. The molecule has 4 aromatic rings. The first-order valence-corrected chi connectivity index (χ1v) is 14.2. The van der Waals surface area contributed by atoms with E-state index in [0.29, 0.717) is 41.5 Å². The molecule has 0 radical (unpaired) electrons. The van der Waals surface area contributed by atoms with Gasteiger partial charge in [0.2, 0.25) is 0 Å². The summed E-state index contributed by atoms with van der Waals surface area (Å²) in [4.78, 5) is 23.3. The van der Waals surface area contributed by atoms with Crippen molar-refractivity contribution in [3.63, 3.8) is 0 Å². The average Bonchev–Trinajstić information content (AvgIpc) is 3.00. The van der Waals surface area contributed by atoms with Crippen molar-refractivity contribution >= 4 is 50.9 Å². The Morgan fingerprint density at radius 3 is 2.21 bits per heavy atom. The lowest BCUT2D eigenvalue weighted by atomic mass is 10.1. The predicted octanol–water partition coefficient (Wildman–Crippen LogP) is 8.11. The van der Waals surface area contributed by atoms with Gasteiger partial charge in [-0.05, 0) is 90.4 Å². The molecule has 0 saturated carbocycles. The number of non-ortho nitro benzene ring substituents is 1. The largest absolute Gasteiger partial charge is 0.490 e. The Labute approximate surface area is 261 Å². The van der Waals surface area contributed by atoms with Gasteiger partial charge in [0, 0.05) is 22.3 Å². The smallest absolute Gasteiger partial charge is 0.269 e. The highest BCUT2D eigenvalue weighted by Gasteiger charge is 2.16. The molecule has 1 amide bonds. The molecule has 11 heteroatoms. The van der Waals surface area contributed by atoms with E-state index >= 15 is 0 Å². The normalized spacial score (nSPS) is 10.9. The summed E-state index contributed by atoms with van der Waals surface area (Å²) in [6.45, 7) is 2.59. The molecule has 43 heavy (non-hydrogen) atoms. The second-order valence-corrected chi connectivity index (χ2v) is 10.4. The third-order valence-corrected chi connectivity index (χ3v) is 6.78. The van der Waals surface area contributed by atoms with Gasteiger partial charge in [0.15, 0.2) is 11.5 Å². The fourth-order valence-electron chi connectivity index (χ4n) is 3.84. The molecule has 0 unspecified atom stereocenters. The molecule has 218 valence electrons. The molecule has 0 heterocycles. The number of carbonyl (C=O) groups excluding carboxylic acids is 1. The van der Waals surface area contributed by atoms with E-state index in [2.05, 4.69) is 21.2 Å². The molecule has 4 aromatic carbocycles. The molecule has 9 nitrogen and oxygen atoms in total. The van der Waals surface area contributed by atoms with Gasteiger partial charge in [0.05, 0.1) is 16.6 Å². The number of hydrogen-bond acceptors (Lipinski definition) is 7. The molecule has 0 aliphatic rings. The fraction of sp³-hybridized carbons (Fsp3) is 0.125. The van der Waals surface area contributed by atoms with E-state index in [1.54, 1.807) is 55.5 Å². The maximum atomic E-state index is 12.9. The van der Waals surface area contributed by atoms with E-state index in [1.165, 1.54) is 18.2 Å². The van der Waals surface area contributed by atoms with Crippen LogP contribution in [0, 0.1) is 21.4 Å². The zero-order valence-corrected chi connectivity index (χ0v) is 25.2. The van der Waals surface area contributed by atoms with Crippen LogP contribution in [0.25, 0.3) is 6.08 Å². The topological polar surface area (TPSA) is 124 Å². The molecule has 0 atom stereocenters. The number of benzene rings is 4. The molecular formula is C32H25BrClN3O6. The Morgan fingerprint density at radius 1 is 0.977 bits per heavy atom. The van der Waals surface area contributed by atoms with Gasteiger partial charge in [0.25, 0.3) is 11.6 Å². The van der Waals surface area contributed by atoms with Crippen LogP contribution in [0.2, 0.25) is 5.02 Å². The summed E-state index contributed by atoms with van der Waals surface area (Å²) in [6.07, 6.45) is 1.40. The Hall–Kier alpha value is -4.85. The number of halogens is 2. The maximum Gasteiger partial charge on any atom is 0.269 e. The number of carbonyl (C=O) groups is 1. The molecule has 0 aromatic heterocycles. The highest BCUT2D eigenvalue weighted by Crippen LogP contribution is 2.38. The van der Waals surface area contributed by atoms with Crippen LogP contribution in [0.5, 0.6) is 17.2 Å². The van der Waals surface area contributed by atoms with E-state index in [9.17, 15) is 20.2 Å². The summed E-state index contributed by atoms with van der Waals surface area (Å²) in [6, 6.07) is 25.7. The lowest BCUT2D eigenvalue weighted by Gasteiger charge is -2.15. The zero-order valence-electron chi connectivity index (χ0n) is 22.9. The molecule has 4 rings (SSSR count). The van der Waals surface area contributed by atoms with E-state index < -0.39 is 10.8 Å². The minimum atomic E-state index is -0.599. The number of rotatable bonds is 12. The molecule has 0 aliphatic heterocycles. The highest BCUT2D eigenvalue weighted by atomic mass is 79.9. The van der Waals surface area contributed by atoms with Crippen LogP contribution >= 0.6 is 27.5 Å². The third-order valence-electron chi connectivity index (χ3n) is 5.97. The number of ether oxygens (including phenoxy) is 3. The number of amides is 1. The Morgan fingerprint density at radius 2 is 1.60 bits per heavy atom. The first-order chi connectivity index (χ1) is 20.7. The Balaban J connectivity index is 1.43. The van der Waals surface area contributed by atoms with Gasteiger partial charge in [-0.1, -0.05) is 39.7 Å². The van der Waals surface area contributed by atoms with Crippen molar-refractivity contribution in [2.24, 2.45) is 0 Å². The van der Waals surface area contributed by atoms with Crippen molar-refractivity contribution in [1.29, 1.82) is 5.26 Å². The van der Waals surface area contributed by atoms with Gasteiger partial charge in [0.1, 0.15) is 30.6 Å². The predicted molar refractivity (Wildman–Crippen MR) is 167 cm³/mol. The van der Waals surface area contributed by atoms with E-state index in [1.807, 2.05) is 30.3 Å². The van der Waals surface area contributed by atoms with Crippen LogP contribution in [0.3, 0.4) is 0 Å². The molecular weight excluding hydrogens is 638 g/mol. The molecule has 0 fully saturated rings. The van der Waals surface area contributed by atoms with Gasteiger partial charge in [-0.15, -0.1) is 0 Å². The number of nitriles is 1. The summed E-state index contributed by atoms with van der Waals surface area (Å²) in [7, 11) is 0. The van der Waals surface area contributed by atoms with Crippen molar-refractivity contribution < 1.29 is 23.9 Å². The zero-order chi connectivity index (χ0) is 30.8. The number of anilines is 1. The van der Waals surface area contributed by atoms with Gasteiger partial charge >= 0.3 is 0 Å². The van der Waals surface area contributed by atoms with Crippen LogP contribution in [0.1, 0.15) is 23.6 Å². The van der Waals surface area contributed by atoms with Gasteiger partial charge in [-0.25, -0.2) is 0 Å². The summed E-state index contributed by atoms with van der Waals surface area (Å²) in [5.41, 5.74) is 2.49. The quantitative estimate of drug-likeness (QED) is 0.0703. The minimum absolute atomic E-state index is 0.0242. The SMILES string of the molecule is CCOc1cc(/C=C(\C#N)C(=O)Nc2ccc(OCc3ccc(Br)cc3)cc2)cc(Cl)c1OCc1ccc([N+](=O)[O-])cc1. The minimum Gasteiger partial charge on any atom is -0.490 e. The second kappa shape index (κ2) is 14.9. The van der Waals surface area contributed by atoms with Crippen LogP contribution in [0.4, 0.5) is 11.4 Å². The van der Waals surface area contributed by atoms with Crippen molar-refractivity contribution in [2.75, 3.05) is 11.9 Å². The van der Waals surface area contributed by atoms with E-state index in [-0.39, 0.29) is 28.6 Å². The number of nitrogens with zero attached hydrogens (tertiary/aromatic N) is 2. The number of nitrogens with one attached hydrogen (secondary N) is 1. The Bertz CT molecular complexity index is 1670. The molecule has 0 saturated heterocycles. The lowest BCUT2D eigenvalue weighted by Crippen LogP contribution is -2.13. The van der Waals surface area contributed by atoms with Gasteiger partial charge in [-0.2, -0.15) is 5.26 Å². The average molecular weight is 663 g/mol. The van der Waals surface area contributed by atoms with Crippen molar-refractivity contribution in [1.82, 2.24) is 0 Å². The number of nitro groups is 1. The van der Waals surface area contributed by atoms with Crippen LogP contribution in [-0.4, -0.2) is 17.4 Å². The number of hydrogen-bond donors (Lipinski definition) is 1. The highest BCUT2D eigenvalue weighted by molar-refractivity contribution is 9.10. The third kappa shape index (κ3) is 8.82. The second-order valence-electron chi connectivity index (χ2n) is 9.04. The lowest BCUT2D eigenvalue weighted by molar-refractivity contribution is -0.384. The molecule has 1 N–H and O–H groups in total. The van der Waals surface area contributed by atoms with Gasteiger partial charge < -0.3 is 19.5 Å².